The van der Waals surface area contributed by atoms with Crippen molar-refractivity contribution in [3.8, 4) is 11.5 Å². The third-order valence-corrected chi connectivity index (χ3v) is 4.59. The van der Waals surface area contributed by atoms with Crippen molar-refractivity contribution in [3.05, 3.63) is 53.1 Å². The summed E-state index contributed by atoms with van der Waals surface area (Å²) in [6.45, 7) is 0.140. The molecule has 0 atom stereocenters. The number of ether oxygens (including phenoxy) is 3. The third-order valence-electron chi connectivity index (χ3n) is 3.98. The first-order valence-electron chi connectivity index (χ1n) is 8.02. The highest BCUT2D eigenvalue weighted by Crippen LogP contribution is 2.37. The zero-order valence-electron chi connectivity index (χ0n) is 15.1. The minimum absolute atomic E-state index is 0.140. The molecule has 1 aliphatic heterocycles. The lowest BCUT2D eigenvalue weighted by Crippen LogP contribution is -2.16. The number of nitrogens with one attached hydrogen (secondary N) is 1. The molecule has 0 fully saturated rings. The predicted octanol–water partition coefficient (Wildman–Crippen LogP) is 2.67. The normalized spacial score (nSPS) is 15.1. The monoisotopic (exact) mass is 389 g/mol. The number of cyclic esters (lactones) is 1. The van der Waals surface area contributed by atoms with Gasteiger partial charge in [0.1, 0.15) is 6.61 Å². The highest BCUT2D eigenvalue weighted by atomic mass is 32.2. The summed E-state index contributed by atoms with van der Waals surface area (Å²) >= 11 is 0. The van der Waals surface area contributed by atoms with Crippen LogP contribution in [-0.2, 0) is 26.2 Å². The van der Waals surface area contributed by atoms with E-state index < -0.39 is 16.0 Å². The van der Waals surface area contributed by atoms with Crippen LogP contribution in [0.1, 0.15) is 16.7 Å². The second-order valence-electron chi connectivity index (χ2n) is 6.00. The molecule has 1 N–H and O–H groups in total. The lowest BCUT2D eigenvalue weighted by Gasteiger charge is -2.21. The van der Waals surface area contributed by atoms with E-state index in [0.29, 0.717) is 33.9 Å². The number of hydrogen-bond acceptors (Lipinski definition) is 6. The average Bonchev–Trinajstić information content (AvgIpc) is 2.62. The Bertz CT molecular complexity index is 1030. The van der Waals surface area contributed by atoms with Crippen molar-refractivity contribution in [2.75, 3.05) is 25.2 Å². The predicted molar refractivity (Wildman–Crippen MR) is 102 cm³/mol. The van der Waals surface area contributed by atoms with E-state index in [9.17, 15) is 13.2 Å². The van der Waals surface area contributed by atoms with Gasteiger partial charge in [0, 0.05) is 11.3 Å². The maximum absolute atomic E-state index is 12.4. The molecule has 8 heteroatoms. The second-order valence-corrected chi connectivity index (χ2v) is 7.75. The molecular formula is C19H19NO6S. The first-order chi connectivity index (χ1) is 12.8. The zero-order chi connectivity index (χ0) is 19.6. The van der Waals surface area contributed by atoms with Crippen molar-refractivity contribution in [3.63, 3.8) is 0 Å². The van der Waals surface area contributed by atoms with Crippen LogP contribution in [0.4, 0.5) is 5.69 Å². The van der Waals surface area contributed by atoms with E-state index in [1.165, 1.54) is 14.2 Å². The van der Waals surface area contributed by atoms with E-state index in [-0.39, 0.29) is 6.61 Å². The number of benzene rings is 2. The molecule has 0 radical (unpaired) electrons. The molecule has 3 rings (SSSR count). The first-order valence-corrected chi connectivity index (χ1v) is 9.92. The van der Waals surface area contributed by atoms with Gasteiger partial charge < -0.3 is 14.2 Å². The maximum Gasteiger partial charge on any atom is 0.339 e. The molecule has 0 aliphatic carbocycles. The molecule has 2 aromatic carbocycles. The molecule has 142 valence electrons. The van der Waals surface area contributed by atoms with Crippen LogP contribution in [0.15, 0.2) is 36.4 Å². The van der Waals surface area contributed by atoms with Gasteiger partial charge in [-0.05, 0) is 41.5 Å². The van der Waals surface area contributed by atoms with Gasteiger partial charge in [-0.2, -0.15) is 0 Å². The number of anilines is 1. The van der Waals surface area contributed by atoms with E-state index in [1.54, 1.807) is 42.5 Å². The van der Waals surface area contributed by atoms with Crippen LogP contribution in [0.25, 0.3) is 11.6 Å². The number of rotatable bonds is 5. The van der Waals surface area contributed by atoms with Crippen LogP contribution in [0, 0.1) is 0 Å². The SMILES string of the molecule is COc1cc2c(cc1OC)C(=Cc1cccc(NS(C)(=O)=O)c1)C(=O)OC2. The fourth-order valence-corrected chi connectivity index (χ4v) is 3.39. The lowest BCUT2D eigenvalue weighted by molar-refractivity contribution is -0.138. The van der Waals surface area contributed by atoms with Crippen molar-refractivity contribution >= 4 is 33.3 Å². The van der Waals surface area contributed by atoms with E-state index in [4.69, 9.17) is 14.2 Å². The van der Waals surface area contributed by atoms with Crippen molar-refractivity contribution < 1.29 is 27.4 Å². The van der Waals surface area contributed by atoms with Gasteiger partial charge in [0.2, 0.25) is 10.0 Å². The van der Waals surface area contributed by atoms with Crippen molar-refractivity contribution in [2.24, 2.45) is 0 Å². The Hall–Kier alpha value is -3.00. The largest absolute Gasteiger partial charge is 0.493 e. The Labute approximate surface area is 157 Å². The van der Waals surface area contributed by atoms with Gasteiger partial charge in [0.05, 0.1) is 26.0 Å². The zero-order valence-corrected chi connectivity index (χ0v) is 15.9. The average molecular weight is 389 g/mol. The summed E-state index contributed by atoms with van der Waals surface area (Å²) < 4.78 is 41.1. The van der Waals surface area contributed by atoms with Crippen LogP contribution < -0.4 is 14.2 Å². The summed E-state index contributed by atoms with van der Waals surface area (Å²) in [5, 5.41) is 0. The Morgan fingerprint density at radius 2 is 1.81 bits per heavy atom. The molecule has 1 aliphatic rings. The Kier molecular flexibility index (Phi) is 5.09. The number of sulfonamides is 1. The Balaban J connectivity index is 2.07. The quantitative estimate of drug-likeness (QED) is 0.625. The minimum Gasteiger partial charge on any atom is -0.493 e. The molecular weight excluding hydrogens is 370 g/mol. The molecule has 7 nitrogen and oxygen atoms in total. The van der Waals surface area contributed by atoms with Crippen LogP contribution in [0.5, 0.6) is 11.5 Å². The Morgan fingerprint density at radius 3 is 2.48 bits per heavy atom. The molecule has 0 saturated carbocycles. The van der Waals surface area contributed by atoms with Gasteiger partial charge >= 0.3 is 5.97 Å². The summed E-state index contributed by atoms with van der Waals surface area (Å²) in [6.07, 6.45) is 2.73. The molecule has 27 heavy (non-hydrogen) atoms. The highest BCUT2D eigenvalue weighted by Gasteiger charge is 2.25. The van der Waals surface area contributed by atoms with E-state index in [0.717, 1.165) is 11.8 Å². The standard InChI is InChI=1S/C19H19NO6S/c1-24-17-9-13-11-26-19(21)16(15(13)10-18(17)25-2)8-12-5-4-6-14(7-12)20-27(3,22)23/h4-10,20H,11H2,1-3H3. The third kappa shape index (κ3) is 4.22. The summed E-state index contributed by atoms with van der Waals surface area (Å²) in [5.41, 5.74) is 2.89. The number of carbonyl (C=O) groups is 1. The fourth-order valence-electron chi connectivity index (χ4n) is 2.83. The number of carbonyl (C=O) groups excluding carboxylic acids is 1. The van der Waals surface area contributed by atoms with Gasteiger partial charge in [0.25, 0.3) is 0 Å². The molecule has 0 amide bonds. The first kappa shape index (κ1) is 18.8. The van der Waals surface area contributed by atoms with Crippen LogP contribution in [0.2, 0.25) is 0 Å². The number of fused-ring (bicyclic) bond motifs is 1. The summed E-state index contributed by atoms with van der Waals surface area (Å²) in [6, 6.07) is 10.2. The summed E-state index contributed by atoms with van der Waals surface area (Å²) in [4.78, 5) is 12.4. The second kappa shape index (κ2) is 7.32. The van der Waals surface area contributed by atoms with Crippen molar-refractivity contribution in [2.45, 2.75) is 6.61 Å². The van der Waals surface area contributed by atoms with Crippen LogP contribution in [0.3, 0.4) is 0 Å². The highest BCUT2D eigenvalue weighted by molar-refractivity contribution is 7.92. The topological polar surface area (TPSA) is 90.9 Å². The van der Waals surface area contributed by atoms with Gasteiger partial charge in [-0.25, -0.2) is 13.2 Å². The molecule has 1 heterocycles. The van der Waals surface area contributed by atoms with Gasteiger partial charge in [-0.15, -0.1) is 0 Å². The fraction of sp³-hybridized carbons (Fsp3) is 0.211. The van der Waals surface area contributed by atoms with E-state index in [1.807, 2.05) is 0 Å². The number of esters is 1. The molecule has 0 saturated heterocycles. The van der Waals surface area contributed by atoms with Gasteiger partial charge in [-0.3, -0.25) is 4.72 Å². The molecule has 0 spiro atoms. The Morgan fingerprint density at radius 1 is 1.11 bits per heavy atom. The van der Waals surface area contributed by atoms with Crippen LogP contribution >= 0.6 is 0 Å². The lowest BCUT2D eigenvalue weighted by atomic mass is 9.95. The number of methoxy groups -OCH3 is 2. The summed E-state index contributed by atoms with van der Waals surface area (Å²) in [7, 11) is -0.335. The summed E-state index contributed by atoms with van der Waals surface area (Å²) in [5.74, 6) is 0.591. The van der Waals surface area contributed by atoms with E-state index >= 15 is 0 Å². The smallest absolute Gasteiger partial charge is 0.339 e. The van der Waals surface area contributed by atoms with E-state index in [2.05, 4.69) is 4.72 Å². The molecule has 0 unspecified atom stereocenters. The van der Waals surface area contributed by atoms with Crippen molar-refractivity contribution in [1.29, 1.82) is 0 Å². The van der Waals surface area contributed by atoms with Gasteiger partial charge in [-0.1, -0.05) is 12.1 Å². The van der Waals surface area contributed by atoms with Crippen LogP contribution in [-0.4, -0.2) is 34.9 Å². The maximum atomic E-state index is 12.4. The van der Waals surface area contributed by atoms with Crippen molar-refractivity contribution in [1.82, 2.24) is 0 Å². The molecule has 0 bridgehead atoms. The molecule has 2 aromatic rings. The minimum atomic E-state index is -3.40. The molecule has 0 aromatic heterocycles. The number of hydrogen-bond donors (Lipinski definition) is 1. The van der Waals surface area contributed by atoms with Gasteiger partial charge in [0.15, 0.2) is 11.5 Å².